The summed E-state index contributed by atoms with van der Waals surface area (Å²) in [6, 6.07) is 16.2. The largest absolute Gasteiger partial charge is 0.497 e. The van der Waals surface area contributed by atoms with Gasteiger partial charge in [0, 0.05) is 13.0 Å². The van der Waals surface area contributed by atoms with Crippen molar-refractivity contribution in [1.82, 2.24) is 10.6 Å². The normalized spacial score (nSPS) is 15.5. The van der Waals surface area contributed by atoms with Crippen molar-refractivity contribution in [3.8, 4) is 11.5 Å². The monoisotopic (exact) mass is 467 g/mol. The van der Waals surface area contributed by atoms with Gasteiger partial charge in [0.15, 0.2) is 5.96 Å². The maximum atomic E-state index is 5.97. The highest BCUT2D eigenvalue weighted by Crippen LogP contribution is 2.27. The Morgan fingerprint density at radius 3 is 2.81 bits per heavy atom. The summed E-state index contributed by atoms with van der Waals surface area (Å²) < 4.78 is 11.2. The van der Waals surface area contributed by atoms with E-state index in [2.05, 4.69) is 34.7 Å². The summed E-state index contributed by atoms with van der Waals surface area (Å²) in [7, 11) is 1.67. The Morgan fingerprint density at radius 2 is 2.04 bits per heavy atom. The maximum absolute atomic E-state index is 5.97. The summed E-state index contributed by atoms with van der Waals surface area (Å²) in [5, 5.41) is 6.66. The van der Waals surface area contributed by atoms with Crippen LogP contribution in [0.3, 0.4) is 0 Å². The predicted molar refractivity (Wildman–Crippen MR) is 116 cm³/mol. The van der Waals surface area contributed by atoms with Crippen molar-refractivity contribution >= 4 is 29.9 Å². The molecule has 3 rings (SSSR count). The fraction of sp³-hybridized carbons (Fsp3) is 0.350. The van der Waals surface area contributed by atoms with Gasteiger partial charge in [-0.2, -0.15) is 0 Å². The summed E-state index contributed by atoms with van der Waals surface area (Å²) >= 11 is 0. The lowest BCUT2D eigenvalue weighted by Gasteiger charge is -2.15. The first-order valence-electron chi connectivity index (χ1n) is 8.68. The first-order valence-corrected chi connectivity index (χ1v) is 8.68. The Bertz CT molecular complexity index is 712. The van der Waals surface area contributed by atoms with Crippen molar-refractivity contribution in [3.05, 3.63) is 59.7 Å². The van der Waals surface area contributed by atoms with Crippen molar-refractivity contribution < 1.29 is 9.47 Å². The molecule has 0 amide bonds. The van der Waals surface area contributed by atoms with E-state index in [1.807, 2.05) is 36.4 Å². The number of nitrogens with zero attached hydrogens (tertiary/aromatic N) is 1. The number of halogens is 1. The van der Waals surface area contributed by atoms with Gasteiger partial charge in [0.25, 0.3) is 0 Å². The molecule has 0 aliphatic carbocycles. The van der Waals surface area contributed by atoms with E-state index in [0.717, 1.165) is 42.5 Å². The summed E-state index contributed by atoms with van der Waals surface area (Å²) in [6.07, 6.45) is 1.07. The van der Waals surface area contributed by atoms with E-state index >= 15 is 0 Å². The number of nitrogens with one attached hydrogen (secondary N) is 2. The molecule has 0 spiro atoms. The Hall–Kier alpha value is -1.96. The van der Waals surface area contributed by atoms with Crippen LogP contribution in [0.25, 0.3) is 0 Å². The number of hydrogen-bond acceptors (Lipinski definition) is 3. The average Bonchev–Trinajstić information content (AvgIpc) is 3.07. The zero-order valence-electron chi connectivity index (χ0n) is 15.2. The molecular formula is C20H26IN3O2. The maximum Gasteiger partial charge on any atom is 0.191 e. The van der Waals surface area contributed by atoms with Gasteiger partial charge in [-0.25, -0.2) is 4.99 Å². The standard InChI is InChI=1S/C20H25N3O2.HI/c1-3-21-20(22-13-15-7-6-9-17(11-15)24-2)23-14-18-12-16-8-4-5-10-19(16)25-18;/h4-11,18H,3,12-14H2,1-2H3,(H2,21,22,23);1H. The minimum absolute atomic E-state index is 0. The van der Waals surface area contributed by atoms with E-state index in [1.54, 1.807) is 7.11 Å². The third-order valence-electron chi connectivity index (χ3n) is 4.11. The molecule has 1 aliphatic heterocycles. The lowest BCUT2D eigenvalue weighted by Crippen LogP contribution is -2.42. The van der Waals surface area contributed by atoms with E-state index in [-0.39, 0.29) is 30.1 Å². The van der Waals surface area contributed by atoms with Crippen LogP contribution in [0.15, 0.2) is 53.5 Å². The van der Waals surface area contributed by atoms with Crippen LogP contribution in [0.5, 0.6) is 11.5 Å². The summed E-state index contributed by atoms with van der Waals surface area (Å²) in [5.74, 6) is 2.64. The van der Waals surface area contributed by atoms with Gasteiger partial charge in [0.2, 0.25) is 0 Å². The molecule has 0 saturated heterocycles. The van der Waals surface area contributed by atoms with Crippen LogP contribution in [0.4, 0.5) is 0 Å². The number of ether oxygens (including phenoxy) is 2. The van der Waals surface area contributed by atoms with Crippen LogP contribution in [-0.2, 0) is 13.0 Å². The number of aliphatic imine (C=N–C) groups is 1. The number of fused-ring (bicyclic) bond motifs is 1. The smallest absolute Gasteiger partial charge is 0.191 e. The van der Waals surface area contributed by atoms with Gasteiger partial charge in [0.05, 0.1) is 20.2 Å². The lowest BCUT2D eigenvalue weighted by molar-refractivity contribution is 0.235. The number of hydrogen-bond donors (Lipinski definition) is 2. The number of rotatable bonds is 6. The Labute approximate surface area is 172 Å². The molecule has 2 aromatic carbocycles. The third kappa shape index (κ3) is 5.52. The molecule has 2 N–H and O–H groups in total. The van der Waals surface area contributed by atoms with Crippen LogP contribution in [0.1, 0.15) is 18.1 Å². The molecule has 6 heteroatoms. The van der Waals surface area contributed by atoms with E-state index in [1.165, 1.54) is 5.56 Å². The van der Waals surface area contributed by atoms with Crippen molar-refractivity contribution in [2.45, 2.75) is 26.0 Å². The van der Waals surface area contributed by atoms with Crippen molar-refractivity contribution in [3.63, 3.8) is 0 Å². The highest BCUT2D eigenvalue weighted by atomic mass is 127. The second kappa shape index (κ2) is 10.3. The molecule has 1 aliphatic rings. The van der Waals surface area contributed by atoms with E-state index in [0.29, 0.717) is 6.54 Å². The molecule has 140 valence electrons. The Morgan fingerprint density at radius 1 is 1.19 bits per heavy atom. The van der Waals surface area contributed by atoms with Crippen molar-refractivity contribution in [2.75, 3.05) is 20.2 Å². The summed E-state index contributed by atoms with van der Waals surface area (Å²) in [4.78, 5) is 4.65. The minimum atomic E-state index is 0. The molecular weight excluding hydrogens is 441 g/mol. The quantitative estimate of drug-likeness (QED) is 0.389. The number of methoxy groups -OCH3 is 1. The van der Waals surface area contributed by atoms with Crippen molar-refractivity contribution in [1.29, 1.82) is 0 Å². The molecule has 1 heterocycles. The number of benzene rings is 2. The minimum Gasteiger partial charge on any atom is -0.497 e. The van der Waals surface area contributed by atoms with Gasteiger partial charge in [-0.1, -0.05) is 30.3 Å². The van der Waals surface area contributed by atoms with Gasteiger partial charge >= 0.3 is 0 Å². The van der Waals surface area contributed by atoms with Gasteiger partial charge in [-0.3, -0.25) is 0 Å². The van der Waals surface area contributed by atoms with Gasteiger partial charge in [-0.15, -0.1) is 24.0 Å². The summed E-state index contributed by atoms with van der Waals surface area (Å²) in [5.41, 5.74) is 2.38. The molecule has 0 radical (unpaired) electrons. The molecule has 1 atom stereocenters. The van der Waals surface area contributed by atoms with Crippen LogP contribution < -0.4 is 20.1 Å². The second-order valence-electron chi connectivity index (χ2n) is 5.98. The highest BCUT2D eigenvalue weighted by Gasteiger charge is 2.22. The first-order chi connectivity index (χ1) is 12.3. The molecule has 1 unspecified atom stereocenters. The average molecular weight is 467 g/mol. The fourth-order valence-electron chi connectivity index (χ4n) is 2.86. The van der Waals surface area contributed by atoms with Crippen LogP contribution in [0.2, 0.25) is 0 Å². The molecule has 5 nitrogen and oxygen atoms in total. The van der Waals surface area contributed by atoms with Crippen LogP contribution in [-0.4, -0.2) is 32.3 Å². The number of para-hydroxylation sites is 1. The summed E-state index contributed by atoms with van der Waals surface area (Å²) in [6.45, 7) is 4.19. The van der Waals surface area contributed by atoms with Crippen LogP contribution >= 0.6 is 24.0 Å². The SMILES string of the molecule is CCNC(=NCc1cccc(OC)c1)NCC1Cc2ccccc2O1.I. The molecule has 26 heavy (non-hydrogen) atoms. The topological polar surface area (TPSA) is 54.9 Å². The Kier molecular flexibility index (Phi) is 8.03. The van der Waals surface area contributed by atoms with Gasteiger partial charge < -0.3 is 20.1 Å². The van der Waals surface area contributed by atoms with E-state index in [9.17, 15) is 0 Å². The van der Waals surface area contributed by atoms with E-state index < -0.39 is 0 Å². The second-order valence-corrected chi connectivity index (χ2v) is 5.98. The third-order valence-corrected chi connectivity index (χ3v) is 4.11. The van der Waals surface area contributed by atoms with E-state index in [4.69, 9.17) is 9.47 Å². The van der Waals surface area contributed by atoms with Gasteiger partial charge in [0.1, 0.15) is 17.6 Å². The molecule has 0 aromatic heterocycles. The van der Waals surface area contributed by atoms with Crippen molar-refractivity contribution in [2.24, 2.45) is 4.99 Å². The van der Waals surface area contributed by atoms with Gasteiger partial charge in [-0.05, 0) is 36.2 Å². The molecule has 0 fully saturated rings. The fourth-order valence-corrected chi connectivity index (χ4v) is 2.86. The zero-order valence-corrected chi connectivity index (χ0v) is 17.5. The number of guanidine groups is 1. The molecule has 0 bridgehead atoms. The highest BCUT2D eigenvalue weighted by molar-refractivity contribution is 14.0. The zero-order chi connectivity index (χ0) is 17.5. The molecule has 0 saturated carbocycles. The Balaban J connectivity index is 0.00000243. The first kappa shape index (κ1) is 20.4. The lowest BCUT2D eigenvalue weighted by atomic mass is 10.1. The molecule has 2 aromatic rings. The predicted octanol–water partition coefficient (Wildman–Crippen LogP) is 3.37. The van der Waals surface area contributed by atoms with Crippen LogP contribution in [0, 0.1) is 0 Å².